The average Bonchev–Trinajstić information content (AvgIpc) is 2.18. The fourth-order valence-corrected chi connectivity index (χ4v) is 3.60. The predicted octanol–water partition coefficient (Wildman–Crippen LogP) is 3.15. The van der Waals surface area contributed by atoms with Crippen LogP contribution in [-0.2, 0) is 0 Å². The van der Waals surface area contributed by atoms with Gasteiger partial charge in [0.15, 0.2) is 0 Å². The van der Waals surface area contributed by atoms with Crippen molar-refractivity contribution in [1.29, 1.82) is 0 Å². The molecule has 1 nitrogen and oxygen atoms in total. The van der Waals surface area contributed by atoms with Gasteiger partial charge in [-0.2, -0.15) is 0 Å². The van der Waals surface area contributed by atoms with Crippen molar-refractivity contribution in [2.24, 2.45) is 17.8 Å². The minimum atomic E-state index is 0.754. The Morgan fingerprint density at radius 2 is 1.79 bits per heavy atom. The standard InChI is InChI=1S/C13H25N/c1-9(2)12-7-11-5-6-13(12)14(8-11)10(3)4/h9-13H,5-8H2,1-4H3. The van der Waals surface area contributed by atoms with Gasteiger partial charge >= 0.3 is 0 Å². The van der Waals surface area contributed by atoms with E-state index < -0.39 is 0 Å². The second-order valence-corrected chi connectivity index (χ2v) is 5.94. The van der Waals surface area contributed by atoms with Crippen molar-refractivity contribution in [2.45, 2.75) is 59.0 Å². The first-order valence-corrected chi connectivity index (χ1v) is 6.35. The summed E-state index contributed by atoms with van der Waals surface area (Å²) in [7, 11) is 0. The first kappa shape index (κ1) is 10.5. The maximum absolute atomic E-state index is 2.77. The Hall–Kier alpha value is -0.0400. The molecule has 1 saturated carbocycles. The number of piperidine rings is 2. The van der Waals surface area contributed by atoms with Crippen LogP contribution in [0.4, 0.5) is 0 Å². The first-order valence-electron chi connectivity index (χ1n) is 6.35. The summed E-state index contributed by atoms with van der Waals surface area (Å²) in [5.41, 5.74) is 0. The van der Waals surface area contributed by atoms with Crippen LogP contribution < -0.4 is 0 Å². The molecule has 3 fully saturated rings. The number of hydrogen-bond donors (Lipinski definition) is 0. The molecule has 0 N–H and O–H groups in total. The van der Waals surface area contributed by atoms with E-state index in [0.717, 1.165) is 29.8 Å². The van der Waals surface area contributed by atoms with Gasteiger partial charge in [-0.25, -0.2) is 0 Å². The molecule has 2 aliphatic heterocycles. The van der Waals surface area contributed by atoms with Crippen LogP contribution in [0.15, 0.2) is 0 Å². The second kappa shape index (κ2) is 3.84. The van der Waals surface area contributed by atoms with Gasteiger partial charge in [-0.15, -0.1) is 0 Å². The summed E-state index contributed by atoms with van der Waals surface area (Å²) in [6.07, 6.45) is 4.47. The molecule has 3 aliphatic rings. The smallest absolute Gasteiger partial charge is 0.0129 e. The fourth-order valence-electron chi connectivity index (χ4n) is 3.60. The van der Waals surface area contributed by atoms with Crippen molar-refractivity contribution in [3.8, 4) is 0 Å². The van der Waals surface area contributed by atoms with Gasteiger partial charge in [-0.05, 0) is 50.9 Å². The van der Waals surface area contributed by atoms with Crippen molar-refractivity contribution in [2.75, 3.05) is 6.54 Å². The molecule has 14 heavy (non-hydrogen) atoms. The molecule has 1 aliphatic carbocycles. The number of rotatable bonds is 2. The molecular formula is C13H25N. The molecule has 0 aromatic carbocycles. The fraction of sp³-hybridized carbons (Fsp3) is 1.00. The molecule has 2 heterocycles. The molecule has 0 aromatic rings. The minimum absolute atomic E-state index is 0.754. The highest BCUT2D eigenvalue weighted by Crippen LogP contribution is 2.42. The van der Waals surface area contributed by atoms with E-state index in [9.17, 15) is 0 Å². The van der Waals surface area contributed by atoms with E-state index in [1.807, 2.05) is 0 Å². The lowest BCUT2D eigenvalue weighted by Gasteiger charge is -2.53. The van der Waals surface area contributed by atoms with Crippen LogP contribution in [0.1, 0.15) is 47.0 Å². The SMILES string of the molecule is CC(C)C1CC2CCC1N(C(C)C)C2. The Balaban J connectivity index is 2.11. The average molecular weight is 195 g/mol. The molecule has 82 valence electrons. The lowest BCUT2D eigenvalue weighted by Crippen LogP contribution is -2.56. The second-order valence-electron chi connectivity index (χ2n) is 5.94. The van der Waals surface area contributed by atoms with Crippen molar-refractivity contribution in [1.82, 2.24) is 4.90 Å². The Bertz CT molecular complexity index is 179. The van der Waals surface area contributed by atoms with Crippen molar-refractivity contribution >= 4 is 0 Å². The quantitative estimate of drug-likeness (QED) is 0.654. The summed E-state index contributed by atoms with van der Waals surface area (Å²) in [5, 5.41) is 0. The maximum atomic E-state index is 2.77. The Labute approximate surface area is 88.9 Å². The van der Waals surface area contributed by atoms with Crippen LogP contribution in [0.25, 0.3) is 0 Å². The molecule has 3 atom stereocenters. The molecule has 2 saturated heterocycles. The van der Waals surface area contributed by atoms with Gasteiger partial charge in [0, 0.05) is 18.6 Å². The normalized spacial score (nSPS) is 38.6. The van der Waals surface area contributed by atoms with Gasteiger partial charge in [-0.1, -0.05) is 13.8 Å². The molecule has 1 heteroatoms. The van der Waals surface area contributed by atoms with Gasteiger partial charge in [-0.3, -0.25) is 4.90 Å². The zero-order chi connectivity index (χ0) is 10.3. The van der Waals surface area contributed by atoms with E-state index in [0.29, 0.717) is 0 Å². The zero-order valence-electron chi connectivity index (χ0n) is 10.2. The van der Waals surface area contributed by atoms with Gasteiger partial charge in [0.05, 0.1) is 0 Å². The summed E-state index contributed by atoms with van der Waals surface area (Å²) in [6, 6.07) is 1.66. The van der Waals surface area contributed by atoms with E-state index in [1.54, 1.807) is 0 Å². The third kappa shape index (κ3) is 1.71. The Kier molecular flexibility index (Phi) is 2.88. The number of nitrogens with zero attached hydrogens (tertiary/aromatic N) is 1. The molecule has 0 spiro atoms. The molecule has 2 bridgehead atoms. The van der Waals surface area contributed by atoms with Crippen LogP contribution >= 0.6 is 0 Å². The number of fused-ring (bicyclic) bond motifs is 3. The Morgan fingerprint density at radius 3 is 2.29 bits per heavy atom. The predicted molar refractivity (Wildman–Crippen MR) is 61.3 cm³/mol. The summed E-state index contributed by atoms with van der Waals surface area (Å²) < 4.78 is 0. The topological polar surface area (TPSA) is 3.24 Å². The highest BCUT2D eigenvalue weighted by Gasteiger charge is 2.42. The minimum Gasteiger partial charge on any atom is -0.297 e. The lowest BCUT2D eigenvalue weighted by atomic mass is 9.68. The summed E-state index contributed by atoms with van der Waals surface area (Å²) >= 11 is 0. The van der Waals surface area contributed by atoms with E-state index >= 15 is 0 Å². The third-order valence-electron chi connectivity index (χ3n) is 4.39. The molecule has 0 radical (unpaired) electrons. The van der Waals surface area contributed by atoms with Crippen LogP contribution in [0.3, 0.4) is 0 Å². The molecule has 0 aromatic heterocycles. The van der Waals surface area contributed by atoms with Gasteiger partial charge in [0.25, 0.3) is 0 Å². The molecule has 0 amide bonds. The van der Waals surface area contributed by atoms with E-state index in [-0.39, 0.29) is 0 Å². The molecule has 3 unspecified atom stereocenters. The third-order valence-corrected chi connectivity index (χ3v) is 4.39. The van der Waals surface area contributed by atoms with Crippen molar-refractivity contribution in [3.63, 3.8) is 0 Å². The van der Waals surface area contributed by atoms with Gasteiger partial charge in [0.1, 0.15) is 0 Å². The summed E-state index contributed by atoms with van der Waals surface area (Å²) in [4.78, 5) is 2.77. The van der Waals surface area contributed by atoms with Crippen LogP contribution in [0, 0.1) is 17.8 Å². The monoisotopic (exact) mass is 195 g/mol. The van der Waals surface area contributed by atoms with E-state index in [1.165, 1.54) is 25.8 Å². The Morgan fingerprint density at radius 1 is 1.07 bits per heavy atom. The van der Waals surface area contributed by atoms with Crippen molar-refractivity contribution < 1.29 is 0 Å². The largest absolute Gasteiger partial charge is 0.297 e. The van der Waals surface area contributed by atoms with Crippen molar-refractivity contribution in [3.05, 3.63) is 0 Å². The van der Waals surface area contributed by atoms with Crippen LogP contribution in [0.5, 0.6) is 0 Å². The maximum Gasteiger partial charge on any atom is 0.0129 e. The first-order chi connectivity index (χ1) is 6.59. The highest BCUT2D eigenvalue weighted by molar-refractivity contribution is 4.95. The van der Waals surface area contributed by atoms with Gasteiger partial charge in [0.2, 0.25) is 0 Å². The molecule has 3 rings (SSSR count). The van der Waals surface area contributed by atoms with E-state index in [4.69, 9.17) is 0 Å². The zero-order valence-corrected chi connectivity index (χ0v) is 10.2. The van der Waals surface area contributed by atoms with Crippen LogP contribution in [-0.4, -0.2) is 23.5 Å². The molecular weight excluding hydrogens is 170 g/mol. The highest BCUT2D eigenvalue weighted by atomic mass is 15.2. The van der Waals surface area contributed by atoms with E-state index in [2.05, 4.69) is 32.6 Å². The summed E-state index contributed by atoms with van der Waals surface area (Å²) in [6.45, 7) is 10.9. The van der Waals surface area contributed by atoms with Gasteiger partial charge < -0.3 is 0 Å². The van der Waals surface area contributed by atoms with Crippen LogP contribution in [0.2, 0.25) is 0 Å². The summed E-state index contributed by atoms with van der Waals surface area (Å²) in [5.74, 6) is 2.86. The lowest BCUT2D eigenvalue weighted by molar-refractivity contribution is -0.0343. The number of hydrogen-bond acceptors (Lipinski definition) is 1.